The minimum atomic E-state index is -0.548. The molecule has 18 heavy (non-hydrogen) atoms. The van der Waals surface area contributed by atoms with Crippen LogP contribution >= 0.6 is 0 Å². The van der Waals surface area contributed by atoms with Crippen molar-refractivity contribution in [3.8, 4) is 17.4 Å². The monoisotopic (exact) mass is 245 g/mol. The number of aliphatic hydroxyl groups is 1. The van der Waals surface area contributed by atoms with Gasteiger partial charge in [0, 0.05) is 12.3 Å². The van der Waals surface area contributed by atoms with Gasteiger partial charge in [0.25, 0.3) is 0 Å². The average molecular weight is 245 g/mol. The highest BCUT2D eigenvalue weighted by atomic mass is 16.5. The van der Waals surface area contributed by atoms with E-state index in [9.17, 15) is 5.11 Å². The second-order valence-electron chi connectivity index (χ2n) is 3.86. The van der Waals surface area contributed by atoms with Crippen molar-refractivity contribution >= 4 is 0 Å². The van der Waals surface area contributed by atoms with Crippen molar-refractivity contribution in [2.75, 3.05) is 7.11 Å². The van der Waals surface area contributed by atoms with Gasteiger partial charge < -0.3 is 14.6 Å². The summed E-state index contributed by atoms with van der Waals surface area (Å²) in [4.78, 5) is 4.10. The van der Waals surface area contributed by atoms with Gasteiger partial charge >= 0.3 is 0 Å². The number of benzene rings is 1. The Labute approximate surface area is 106 Å². The van der Waals surface area contributed by atoms with E-state index in [0.717, 1.165) is 5.56 Å². The lowest BCUT2D eigenvalue weighted by Crippen LogP contribution is -1.95. The molecule has 0 aliphatic heterocycles. The number of hydrogen-bond donors (Lipinski definition) is 1. The highest BCUT2D eigenvalue weighted by molar-refractivity contribution is 5.41. The lowest BCUT2D eigenvalue weighted by Gasteiger charge is -2.10. The molecule has 0 amide bonds. The molecule has 94 valence electrons. The summed E-state index contributed by atoms with van der Waals surface area (Å²) in [5, 5.41) is 9.51. The van der Waals surface area contributed by atoms with Crippen LogP contribution in [0.3, 0.4) is 0 Å². The van der Waals surface area contributed by atoms with Crippen LogP contribution in [-0.4, -0.2) is 17.2 Å². The van der Waals surface area contributed by atoms with Crippen LogP contribution in [0.4, 0.5) is 0 Å². The molecule has 0 radical (unpaired) electrons. The van der Waals surface area contributed by atoms with Crippen molar-refractivity contribution in [3.05, 3.63) is 48.2 Å². The first-order valence-electron chi connectivity index (χ1n) is 5.65. The van der Waals surface area contributed by atoms with Crippen LogP contribution in [0.1, 0.15) is 18.6 Å². The molecule has 0 saturated heterocycles. The summed E-state index contributed by atoms with van der Waals surface area (Å²) in [6.07, 6.45) is 1.06. The van der Waals surface area contributed by atoms with E-state index in [-0.39, 0.29) is 0 Å². The van der Waals surface area contributed by atoms with Gasteiger partial charge in [-0.25, -0.2) is 4.98 Å². The fourth-order valence-electron chi connectivity index (χ4n) is 1.56. The van der Waals surface area contributed by atoms with Crippen molar-refractivity contribution in [2.24, 2.45) is 0 Å². The van der Waals surface area contributed by atoms with E-state index in [2.05, 4.69) is 4.98 Å². The molecule has 1 N–H and O–H groups in total. The Morgan fingerprint density at radius 3 is 2.56 bits per heavy atom. The molecule has 1 heterocycles. The van der Waals surface area contributed by atoms with Crippen LogP contribution in [-0.2, 0) is 0 Å². The van der Waals surface area contributed by atoms with Crippen LogP contribution in [0.25, 0.3) is 0 Å². The quantitative estimate of drug-likeness (QED) is 0.899. The first-order valence-corrected chi connectivity index (χ1v) is 5.65. The summed E-state index contributed by atoms with van der Waals surface area (Å²) in [6.45, 7) is 1.70. The standard InChI is InChI=1S/C14H15NO3/c1-10(16)11-7-8-15-14(9-11)18-13-6-4-3-5-12(13)17-2/h3-10,16H,1-2H3. The number of pyridine rings is 1. The predicted molar refractivity (Wildman–Crippen MR) is 67.9 cm³/mol. The molecule has 2 aromatic rings. The number of nitrogens with zero attached hydrogens (tertiary/aromatic N) is 1. The Kier molecular flexibility index (Phi) is 3.79. The lowest BCUT2D eigenvalue weighted by molar-refractivity contribution is 0.198. The normalized spacial score (nSPS) is 11.9. The zero-order valence-electron chi connectivity index (χ0n) is 10.3. The third-order valence-electron chi connectivity index (χ3n) is 2.52. The molecular weight excluding hydrogens is 230 g/mol. The largest absolute Gasteiger partial charge is 0.493 e. The smallest absolute Gasteiger partial charge is 0.219 e. The fraction of sp³-hybridized carbons (Fsp3) is 0.214. The third-order valence-corrected chi connectivity index (χ3v) is 2.52. The molecule has 4 nitrogen and oxygen atoms in total. The first kappa shape index (κ1) is 12.4. The van der Waals surface area contributed by atoms with Crippen LogP contribution < -0.4 is 9.47 Å². The Morgan fingerprint density at radius 1 is 1.17 bits per heavy atom. The van der Waals surface area contributed by atoms with E-state index in [4.69, 9.17) is 9.47 Å². The molecule has 0 fully saturated rings. The number of para-hydroxylation sites is 2. The summed E-state index contributed by atoms with van der Waals surface area (Å²) in [5.74, 6) is 1.66. The van der Waals surface area contributed by atoms with Crippen LogP contribution in [0.15, 0.2) is 42.6 Å². The number of hydrogen-bond acceptors (Lipinski definition) is 4. The Bertz CT molecular complexity index is 526. The molecular formula is C14H15NO3. The van der Waals surface area contributed by atoms with Crippen molar-refractivity contribution in [1.82, 2.24) is 4.98 Å². The zero-order valence-corrected chi connectivity index (χ0v) is 10.3. The first-order chi connectivity index (χ1) is 8.70. The maximum atomic E-state index is 9.51. The molecule has 2 rings (SSSR count). The highest BCUT2D eigenvalue weighted by Crippen LogP contribution is 2.30. The Morgan fingerprint density at radius 2 is 1.89 bits per heavy atom. The fourth-order valence-corrected chi connectivity index (χ4v) is 1.56. The van der Waals surface area contributed by atoms with Gasteiger partial charge in [0.05, 0.1) is 13.2 Å². The van der Waals surface area contributed by atoms with Crippen LogP contribution in [0.2, 0.25) is 0 Å². The molecule has 0 aliphatic carbocycles. The summed E-state index contributed by atoms with van der Waals surface area (Å²) < 4.78 is 10.8. The third kappa shape index (κ3) is 2.78. The summed E-state index contributed by atoms with van der Waals surface area (Å²) in [6, 6.07) is 10.8. The van der Waals surface area contributed by atoms with Gasteiger partial charge in [-0.15, -0.1) is 0 Å². The molecule has 1 atom stereocenters. The van der Waals surface area contributed by atoms with E-state index in [0.29, 0.717) is 17.4 Å². The molecule has 1 aromatic carbocycles. The van der Waals surface area contributed by atoms with Gasteiger partial charge in [0.15, 0.2) is 11.5 Å². The number of methoxy groups -OCH3 is 1. The number of rotatable bonds is 4. The number of ether oxygens (including phenoxy) is 2. The van der Waals surface area contributed by atoms with Gasteiger partial charge in [0.1, 0.15) is 0 Å². The summed E-state index contributed by atoms with van der Waals surface area (Å²) in [5.41, 5.74) is 0.759. The minimum Gasteiger partial charge on any atom is -0.493 e. The van der Waals surface area contributed by atoms with Gasteiger partial charge in [-0.05, 0) is 30.7 Å². The van der Waals surface area contributed by atoms with Gasteiger partial charge in [-0.3, -0.25) is 0 Å². The predicted octanol–water partition coefficient (Wildman–Crippen LogP) is 2.94. The molecule has 0 saturated carbocycles. The van der Waals surface area contributed by atoms with Crippen molar-refractivity contribution in [2.45, 2.75) is 13.0 Å². The van der Waals surface area contributed by atoms with Crippen LogP contribution in [0.5, 0.6) is 17.4 Å². The van der Waals surface area contributed by atoms with Crippen molar-refractivity contribution in [1.29, 1.82) is 0 Å². The van der Waals surface area contributed by atoms with Crippen LogP contribution in [0, 0.1) is 0 Å². The van der Waals surface area contributed by atoms with E-state index < -0.39 is 6.10 Å². The topological polar surface area (TPSA) is 51.6 Å². The van der Waals surface area contributed by atoms with E-state index in [1.54, 1.807) is 38.4 Å². The summed E-state index contributed by atoms with van der Waals surface area (Å²) in [7, 11) is 1.59. The maximum Gasteiger partial charge on any atom is 0.219 e. The van der Waals surface area contributed by atoms with Crippen molar-refractivity contribution < 1.29 is 14.6 Å². The Hall–Kier alpha value is -2.07. The van der Waals surface area contributed by atoms with E-state index in [1.165, 1.54) is 0 Å². The summed E-state index contributed by atoms with van der Waals surface area (Å²) >= 11 is 0. The molecule has 0 bridgehead atoms. The van der Waals surface area contributed by atoms with E-state index in [1.807, 2.05) is 18.2 Å². The van der Waals surface area contributed by atoms with Gasteiger partial charge in [-0.2, -0.15) is 0 Å². The minimum absolute atomic E-state index is 0.429. The Balaban J connectivity index is 2.25. The maximum absolute atomic E-state index is 9.51. The zero-order chi connectivity index (χ0) is 13.0. The molecule has 4 heteroatoms. The van der Waals surface area contributed by atoms with Gasteiger partial charge in [-0.1, -0.05) is 12.1 Å². The van der Waals surface area contributed by atoms with Gasteiger partial charge in [0.2, 0.25) is 5.88 Å². The van der Waals surface area contributed by atoms with E-state index >= 15 is 0 Å². The SMILES string of the molecule is COc1ccccc1Oc1cc(C(C)O)ccn1. The molecule has 0 spiro atoms. The van der Waals surface area contributed by atoms with Crippen molar-refractivity contribution in [3.63, 3.8) is 0 Å². The second kappa shape index (κ2) is 5.51. The molecule has 1 aromatic heterocycles. The molecule has 0 aliphatic rings. The highest BCUT2D eigenvalue weighted by Gasteiger charge is 2.07. The lowest BCUT2D eigenvalue weighted by atomic mass is 10.2. The second-order valence-corrected chi connectivity index (χ2v) is 3.86. The molecule has 1 unspecified atom stereocenters. The number of aromatic nitrogens is 1. The average Bonchev–Trinajstić information content (AvgIpc) is 2.39. The number of aliphatic hydroxyl groups excluding tert-OH is 1.